The van der Waals surface area contributed by atoms with E-state index < -0.39 is 11.9 Å². The normalized spacial score (nSPS) is 17.3. The number of carbonyl (C=O) groups excluding carboxylic acids is 1. The van der Waals surface area contributed by atoms with Crippen molar-refractivity contribution < 1.29 is 14.7 Å². The Labute approximate surface area is 154 Å². The fraction of sp³-hybridized carbons (Fsp3) is 0.294. The zero-order chi connectivity index (χ0) is 17.8. The molecule has 130 valence electrons. The summed E-state index contributed by atoms with van der Waals surface area (Å²) in [7, 11) is 0. The molecule has 6 nitrogen and oxygen atoms in total. The van der Waals surface area contributed by atoms with Crippen molar-refractivity contribution >= 4 is 35.2 Å². The Morgan fingerprint density at radius 3 is 2.68 bits per heavy atom. The van der Waals surface area contributed by atoms with Gasteiger partial charge in [0, 0.05) is 18.0 Å². The maximum Gasteiger partial charge on any atom is 0.308 e. The third kappa shape index (κ3) is 4.29. The molecule has 3 rings (SSSR count). The van der Waals surface area contributed by atoms with E-state index in [1.54, 1.807) is 18.2 Å². The van der Waals surface area contributed by atoms with E-state index in [4.69, 9.17) is 16.7 Å². The molecule has 1 unspecified atom stereocenters. The molecule has 2 aromatic rings. The van der Waals surface area contributed by atoms with Crippen molar-refractivity contribution in [1.82, 2.24) is 15.1 Å². The molecule has 1 amide bonds. The molecule has 8 heteroatoms. The number of piperidine rings is 1. The number of aromatic nitrogens is 2. The number of carboxylic acid groups (broad SMARTS) is 1. The van der Waals surface area contributed by atoms with Crippen LogP contribution in [0.3, 0.4) is 0 Å². The van der Waals surface area contributed by atoms with E-state index >= 15 is 0 Å². The van der Waals surface area contributed by atoms with Crippen LogP contribution in [0.4, 0.5) is 0 Å². The highest BCUT2D eigenvalue weighted by molar-refractivity contribution is 7.99. The first kappa shape index (κ1) is 17.7. The van der Waals surface area contributed by atoms with E-state index in [1.807, 2.05) is 18.2 Å². The highest BCUT2D eigenvalue weighted by Crippen LogP contribution is 2.31. The lowest BCUT2D eigenvalue weighted by Gasteiger charge is -2.30. The van der Waals surface area contributed by atoms with Gasteiger partial charge in [-0.05, 0) is 37.1 Å². The Kier molecular flexibility index (Phi) is 5.55. The molecule has 1 atom stereocenters. The predicted molar refractivity (Wildman–Crippen MR) is 93.9 cm³/mol. The lowest BCUT2D eigenvalue weighted by molar-refractivity contribution is -0.143. The Balaban J connectivity index is 1.68. The summed E-state index contributed by atoms with van der Waals surface area (Å²) in [6.45, 7) is 0.756. The van der Waals surface area contributed by atoms with Crippen LogP contribution in [-0.2, 0) is 4.79 Å². The van der Waals surface area contributed by atoms with Crippen LogP contribution in [0.15, 0.2) is 46.3 Å². The number of halogens is 1. The lowest BCUT2D eigenvalue weighted by Crippen LogP contribution is -2.42. The van der Waals surface area contributed by atoms with Gasteiger partial charge in [0.25, 0.3) is 5.91 Å². The molecular weight excluding hydrogens is 362 g/mol. The standard InChI is InChI=1S/C17H16ClN3O3S/c18-12-5-1-2-6-14(12)25-15-8-7-13(19-20-15)16(22)21-9-3-4-11(10-21)17(23)24/h1-2,5-8,11H,3-4,9-10H2,(H,23,24). The Bertz CT molecular complexity index is 785. The van der Waals surface area contributed by atoms with Gasteiger partial charge in [-0.15, -0.1) is 10.2 Å². The summed E-state index contributed by atoms with van der Waals surface area (Å²) in [5, 5.41) is 18.5. The largest absolute Gasteiger partial charge is 0.481 e. The number of hydrogen-bond donors (Lipinski definition) is 1. The Morgan fingerprint density at radius 2 is 2.00 bits per heavy atom. The average molecular weight is 378 g/mol. The van der Waals surface area contributed by atoms with E-state index in [9.17, 15) is 9.59 Å². The number of amides is 1. The molecular formula is C17H16ClN3O3S. The Morgan fingerprint density at radius 1 is 1.20 bits per heavy atom. The average Bonchev–Trinajstić information content (AvgIpc) is 2.64. The molecule has 0 saturated carbocycles. The van der Waals surface area contributed by atoms with Crippen molar-refractivity contribution in [2.45, 2.75) is 22.8 Å². The summed E-state index contributed by atoms with van der Waals surface area (Å²) in [6, 6.07) is 10.7. The molecule has 0 radical (unpaired) electrons. The summed E-state index contributed by atoms with van der Waals surface area (Å²) >= 11 is 7.49. The molecule has 25 heavy (non-hydrogen) atoms. The lowest BCUT2D eigenvalue weighted by atomic mass is 9.98. The first-order valence-corrected chi connectivity index (χ1v) is 9.02. The summed E-state index contributed by atoms with van der Waals surface area (Å²) in [4.78, 5) is 26.0. The quantitative estimate of drug-likeness (QED) is 0.880. The van der Waals surface area contributed by atoms with E-state index in [0.717, 1.165) is 4.90 Å². The topological polar surface area (TPSA) is 83.4 Å². The number of likely N-dealkylation sites (tertiary alicyclic amines) is 1. The number of nitrogens with zero attached hydrogens (tertiary/aromatic N) is 3. The molecule has 1 aromatic carbocycles. The predicted octanol–water partition coefficient (Wildman–Crippen LogP) is 3.22. The van der Waals surface area contributed by atoms with Gasteiger partial charge in [-0.2, -0.15) is 0 Å². The van der Waals surface area contributed by atoms with Crippen LogP contribution in [0.1, 0.15) is 23.3 Å². The van der Waals surface area contributed by atoms with E-state index in [-0.39, 0.29) is 18.1 Å². The maximum atomic E-state index is 12.5. The minimum atomic E-state index is -0.866. The van der Waals surface area contributed by atoms with Crippen molar-refractivity contribution in [1.29, 1.82) is 0 Å². The second-order valence-electron chi connectivity index (χ2n) is 5.72. The van der Waals surface area contributed by atoms with Crippen LogP contribution in [0.2, 0.25) is 5.02 Å². The van der Waals surface area contributed by atoms with Gasteiger partial charge in [0.05, 0.1) is 10.9 Å². The second-order valence-corrected chi connectivity index (χ2v) is 7.19. The summed E-state index contributed by atoms with van der Waals surface area (Å²) in [6.07, 6.45) is 1.27. The molecule has 1 fully saturated rings. The van der Waals surface area contributed by atoms with Crippen molar-refractivity contribution in [3.05, 3.63) is 47.1 Å². The molecule has 0 aliphatic carbocycles. The third-order valence-corrected chi connectivity index (χ3v) is 5.41. The molecule has 0 bridgehead atoms. The van der Waals surface area contributed by atoms with Crippen molar-refractivity contribution in [2.75, 3.05) is 13.1 Å². The molecule has 1 N–H and O–H groups in total. The van der Waals surface area contributed by atoms with Crippen LogP contribution in [0.5, 0.6) is 0 Å². The highest BCUT2D eigenvalue weighted by atomic mass is 35.5. The van der Waals surface area contributed by atoms with Gasteiger partial charge in [0.1, 0.15) is 5.03 Å². The van der Waals surface area contributed by atoms with Gasteiger partial charge in [0.15, 0.2) is 5.69 Å². The van der Waals surface area contributed by atoms with Crippen LogP contribution >= 0.6 is 23.4 Å². The monoisotopic (exact) mass is 377 g/mol. The number of carbonyl (C=O) groups is 2. The molecule has 1 saturated heterocycles. The molecule has 1 aliphatic heterocycles. The number of carboxylic acids is 1. The molecule has 1 aromatic heterocycles. The number of rotatable bonds is 4. The van der Waals surface area contributed by atoms with Gasteiger partial charge in [-0.1, -0.05) is 35.5 Å². The number of aliphatic carboxylic acids is 1. The van der Waals surface area contributed by atoms with E-state index in [2.05, 4.69) is 10.2 Å². The SMILES string of the molecule is O=C(O)C1CCCN(C(=O)c2ccc(Sc3ccccc3Cl)nn2)C1. The van der Waals surface area contributed by atoms with E-state index in [1.165, 1.54) is 16.7 Å². The number of hydrogen-bond acceptors (Lipinski definition) is 5. The molecule has 0 spiro atoms. The summed E-state index contributed by atoms with van der Waals surface area (Å²) < 4.78 is 0. The Hall–Kier alpha value is -2.12. The fourth-order valence-electron chi connectivity index (χ4n) is 2.65. The van der Waals surface area contributed by atoms with Gasteiger partial charge in [-0.3, -0.25) is 9.59 Å². The van der Waals surface area contributed by atoms with Crippen molar-refractivity contribution in [2.24, 2.45) is 5.92 Å². The minimum absolute atomic E-state index is 0.214. The van der Waals surface area contributed by atoms with Crippen molar-refractivity contribution in [3.63, 3.8) is 0 Å². The first-order valence-electron chi connectivity index (χ1n) is 7.83. The van der Waals surface area contributed by atoms with E-state index in [0.29, 0.717) is 29.4 Å². The van der Waals surface area contributed by atoms with Crippen LogP contribution in [0, 0.1) is 5.92 Å². The van der Waals surface area contributed by atoms with Crippen LogP contribution < -0.4 is 0 Å². The minimum Gasteiger partial charge on any atom is -0.481 e. The van der Waals surface area contributed by atoms with Gasteiger partial charge >= 0.3 is 5.97 Å². The molecule has 1 aliphatic rings. The zero-order valence-electron chi connectivity index (χ0n) is 13.3. The maximum absolute atomic E-state index is 12.5. The summed E-state index contributed by atoms with van der Waals surface area (Å²) in [5.74, 6) is -1.66. The smallest absolute Gasteiger partial charge is 0.308 e. The highest BCUT2D eigenvalue weighted by Gasteiger charge is 2.29. The third-order valence-electron chi connectivity index (χ3n) is 3.97. The molecule has 2 heterocycles. The summed E-state index contributed by atoms with van der Waals surface area (Å²) in [5.41, 5.74) is 0.217. The van der Waals surface area contributed by atoms with Gasteiger partial charge in [0.2, 0.25) is 0 Å². The van der Waals surface area contributed by atoms with Crippen LogP contribution in [0.25, 0.3) is 0 Å². The second kappa shape index (κ2) is 7.84. The van der Waals surface area contributed by atoms with Crippen LogP contribution in [-0.4, -0.2) is 45.2 Å². The zero-order valence-corrected chi connectivity index (χ0v) is 14.8. The number of benzene rings is 1. The first-order chi connectivity index (χ1) is 12.0. The fourth-order valence-corrected chi connectivity index (χ4v) is 3.66. The van der Waals surface area contributed by atoms with Gasteiger partial charge < -0.3 is 10.0 Å². The van der Waals surface area contributed by atoms with Crippen molar-refractivity contribution in [3.8, 4) is 0 Å². The van der Waals surface area contributed by atoms with Gasteiger partial charge in [-0.25, -0.2) is 0 Å².